The molecule has 150 valence electrons. The van der Waals surface area contributed by atoms with Gasteiger partial charge in [-0.2, -0.15) is 0 Å². The number of nitrogens with one attached hydrogen (secondary N) is 1. The predicted molar refractivity (Wildman–Crippen MR) is 107 cm³/mol. The number of hydrogen-bond acceptors (Lipinski definition) is 6. The molecule has 1 N–H and O–H groups in total. The summed E-state index contributed by atoms with van der Waals surface area (Å²) in [5.74, 6) is 1.13. The fourth-order valence-electron chi connectivity index (χ4n) is 3.63. The molecule has 0 unspecified atom stereocenters. The van der Waals surface area contributed by atoms with Crippen LogP contribution in [-0.2, 0) is 9.53 Å². The van der Waals surface area contributed by atoms with E-state index in [1.807, 2.05) is 23.1 Å². The molecule has 0 atom stereocenters. The molecule has 0 aromatic heterocycles. The average Bonchev–Trinajstić information content (AvgIpc) is 2.74. The van der Waals surface area contributed by atoms with Gasteiger partial charge in [0.25, 0.3) is 0 Å². The zero-order valence-corrected chi connectivity index (χ0v) is 16.4. The van der Waals surface area contributed by atoms with Gasteiger partial charge in [-0.15, -0.1) is 0 Å². The van der Waals surface area contributed by atoms with Gasteiger partial charge in [-0.05, 0) is 12.1 Å². The van der Waals surface area contributed by atoms with Gasteiger partial charge in [0.2, 0.25) is 5.91 Å². The minimum atomic E-state index is 0.244. The maximum absolute atomic E-state index is 12.4. The number of anilines is 1. The molecule has 7 heteroatoms. The highest BCUT2D eigenvalue weighted by molar-refractivity contribution is 5.76. The molecule has 27 heavy (non-hydrogen) atoms. The Balaban J connectivity index is 1.32. The van der Waals surface area contributed by atoms with Crippen molar-refractivity contribution in [2.75, 3.05) is 84.1 Å². The number of carbonyl (C=O) groups excluding carboxylic acids is 1. The normalized spacial score (nSPS) is 18.6. The van der Waals surface area contributed by atoms with Crippen LogP contribution >= 0.6 is 0 Å². The Morgan fingerprint density at radius 1 is 1.07 bits per heavy atom. The molecule has 2 heterocycles. The number of nitrogens with zero attached hydrogens (tertiary/aromatic N) is 3. The van der Waals surface area contributed by atoms with Gasteiger partial charge in [0, 0.05) is 65.3 Å². The van der Waals surface area contributed by atoms with E-state index in [1.54, 1.807) is 7.11 Å². The highest BCUT2D eigenvalue weighted by Crippen LogP contribution is 2.28. The van der Waals surface area contributed by atoms with Crippen LogP contribution in [0.5, 0.6) is 5.75 Å². The number of rotatable bonds is 8. The number of piperazine rings is 1. The second-order valence-corrected chi connectivity index (χ2v) is 6.99. The number of para-hydroxylation sites is 2. The third kappa shape index (κ3) is 5.82. The van der Waals surface area contributed by atoms with Crippen molar-refractivity contribution in [3.63, 3.8) is 0 Å². The molecule has 0 radical (unpaired) electrons. The fourth-order valence-corrected chi connectivity index (χ4v) is 3.63. The largest absolute Gasteiger partial charge is 0.495 e. The van der Waals surface area contributed by atoms with Gasteiger partial charge in [-0.25, -0.2) is 0 Å². The van der Waals surface area contributed by atoms with Crippen LogP contribution in [0.15, 0.2) is 24.3 Å². The maximum atomic E-state index is 12.4. The third-order valence-electron chi connectivity index (χ3n) is 5.28. The second-order valence-electron chi connectivity index (χ2n) is 6.99. The second kappa shape index (κ2) is 10.5. The molecule has 2 aliphatic rings. The van der Waals surface area contributed by atoms with E-state index in [4.69, 9.17) is 9.47 Å². The van der Waals surface area contributed by atoms with Crippen LogP contribution in [0, 0.1) is 0 Å². The summed E-state index contributed by atoms with van der Waals surface area (Å²) in [5.41, 5.74) is 1.11. The van der Waals surface area contributed by atoms with Gasteiger partial charge in [0.15, 0.2) is 0 Å². The van der Waals surface area contributed by atoms with Crippen molar-refractivity contribution < 1.29 is 14.3 Å². The van der Waals surface area contributed by atoms with E-state index in [1.165, 1.54) is 0 Å². The third-order valence-corrected chi connectivity index (χ3v) is 5.28. The minimum absolute atomic E-state index is 0.244. The van der Waals surface area contributed by atoms with E-state index in [2.05, 4.69) is 21.2 Å². The van der Waals surface area contributed by atoms with Crippen LogP contribution < -0.4 is 15.0 Å². The quantitative estimate of drug-likeness (QED) is 0.673. The van der Waals surface area contributed by atoms with Crippen molar-refractivity contribution in [3.05, 3.63) is 24.3 Å². The van der Waals surface area contributed by atoms with E-state index >= 15 is 0 Å². The van der Waals surface area contributed by atoms with Crippen LogP contribution in [0.1, 0.15) is 6.42 Å². The van der Waals surface area contributed by atoms with Gasteiger partial charge in [-0.3, -0.25) is 9.69 Å². The first-order valence-electron chi connectivity index (χ1n) is 9.94. The number of ether oxygens (including phenoxy) is 2. The highest BCUT2D eigenvalue weighted by Gasteiger charge is 2.22. The molecule has 0 aliphatic carbocycles. The zero-order chi connectivity index (χ0) is 18.9. The predicted octanol–water partition coefficient (Wildman–Crippen LogP) is 0.656. The number of morpholine rings is 1. The minimum Gasteiger partial charge on any atom is -0.495 e. The Labute approximate surface area is 162 Å². The molecular formula is C20H32N4O3. The molecule has 1 aromatic carbocycles. The lowest BCUT2D eigenvalue weighted by molar-refractivity contribution is -0.131. The van der Waals surface area contributed by atoms with Crippen molar-refractivity contribution >= 4 is 11.6 Å². The first-order chi connectivity index (χ1) is 13.3. The number of benzene rings is 1. The average molecular weight is 377 g/mol. The topological polar surface area (TPSA) is 57.3 Å². The van der Waals surface area contributed by atoms with Crippen LogP contribution in [-0.4, -0.2) is 94.9 Å². The van der Waals surface area contributed by atoms with Crippen molar-refractivity contribution in [2.45, 2.75) is 6.42 Å². The monoisotopic (exact) mass is 376 g/mol. The molecule has 0 saturated carbocycles. The van der Waals surface area contributed by atoms with Gasteiger partial charge in [0.1, 0.15) is 5.75 Å². The Morgan fingerprint density at radius 2 is 1.81 bits per heavy atom. The Kier molecular flexibility index (Phi) is 7.74. The number of hydrogen-bond donors (Lipinski definition) is 1. The summed E-state index contributed by atoms with van der Waals surface area (Å²) in [7, 11) is 1.70. The van der Waals surface area contributed by atoms with E-state index in [9.17, 15) is 4.79 Å². The highest BCUT2D eigenvalue weighted by atomic mass is 16.5. The number of methoxy groups -OCH3 is 1. The SMILES string of the molecule is COc1ccccc1N1CCN(C(=O)CCNCCN2CCOCC2)CC1. The van der Waals surface area contributed by atoms with Crippen molar-refractivity contribution in [2.24, 2.45) is 0 Å². The van der Waals surface area contributed by atoms with Gasteiger partial charge >= 0.3 is 0 Å². The van der Waals surface area contributed by atoms with Crippen LogP contribution in [0.4, 0.5) is 5.69 Å². The first-order valence-corrected chi connectivity index (χ1v) is 9.94. The van der Waals surface area contributed by atoms with Crippen molar-refractivity contribution in [1.29, 1.82) is 0 Å². The summed E-state index contributed by atoms with van der Waals surface area (Å²) < 4.78 is 10.8. The number of amides is 1. The molecular weight excluding hydrogens is 344 g/mol. The van der Waals surface area contributed by atoms with E-state index in [0.717, 1.165) is 83.6 Å². The Hall–Kier alpha value is -1.83. The molecule has 1 amide bonds. The summed E-state index contributed by atoms with van der Waals surface area (Å²) >= 11 is 0. The molecule has 0 bridgehead atoms. The molecule has 0 spiro atoms. The first kappa shape index (κ1) is 19.9. The van der Waals surface area contributed by atoms with E-state index in [0.29, 0.717) is 6.42 Å². The maximum Gasteiger partial charge on any atom is 0.223 e. The van der Waals surface area contributed by atoms with Gasteiger partial charge in [0.05, 0.1) is 26.0 Å². The van der Waals surface area contributed by atoms with E-state index in [-0.39, 0.29) is 5.91 Å². The lowest BCUT2D eigenvalue weighted by Crippen LogP contribution is -2.49. The van der Waals surface area contributed by atoms with Crippen molar-refractivity contribution in [1.82, 2.24) is 15.1 Å². The lowest BCUT2D eigenvalue weighted by atomic mass is 10.2. The summed E-state index contributed by atoms with van der Waals surface area (Å²) in [6, 6.07) is 8.07. The summed E-state index contributed by atoms with van der Waals surface area (Å²) in [4.78, 5) is 19.1. The number of carbonyl (C=O) groups is 1. The lowest BCUT2D eigenvalue weighted by Gasteiger charge is -2.36. The molecule has 1 aromatic rings. The fraction of sp³-hybridized carbons (Fsp3) is 0.650. The van der Waals surface area contributed by atoms with Crippen LogP contribution in [0.3, 0.4) is 0 Å². The van der Waals surface area contributed by atoms with Crippen LogP contribution in [0.2, 0.25) is 0 Å². The van der Waals surface area contributed by atoms with E-state index < -0.39 is 0 Å². The smallest absolute Gasteiger partial charge is 0.223 e. The van der Waals surface area contributed by atoms with Gasteiger partial charge < -0.3 is 24.6 Å². The Bertz CT molecular complexity index is 584. The van der Waals surface area contributed by atoms with Gasteiger partial charge in [-0.1, -0.05) is 12.1 Å². The molecule has 2 fully saturated rings. The molecule has 2 saturated heterocycles. The standard InChI is InChI=1S/C20H32N4O3/c1-26-19-5-3-2-4-18(19)23-10-12-24(13-11-23)20(25)6-7-21-8-9-22-14-16-27-17-15-22/h2-5,21H,6-17H2,1H3. The molecule has 2 aliphatic heterocycles. The molecule has 3 rings (SSSR count). The zero-order valence-electron chi connectivity index (χ0n) is 16.4. The summed E-state index contributed by atoms with van der Waals surface area (Å²) in [6.45, 7) is 9.61. The molecule has 7 nitrogen and oxygen atoms in total. The van der Waals surface area contributed by atoms with Crippen LogP contribution in [0.25, 0.3) is 0 Å². The summed E-state index contributed by atoms with van der Waals surface area (Å²) in [6.07, 6.45) is 0.567. The summed E-state index contributed by atoms with van der Waals surface area (Å²) in [5, 5.41) is 3.40. The van der Waals surface area contributed by atoms with Crippen molar-refractivity contribution in [3.8, 4) is 5.75 Å². The Morgan fingerprint density at radius 3 is 2.56 bits per heavy atom.